The zero-order valence-electron chi connectivity index (χ0n) is 9.04. The Hall–Kier alpha value is -1.48. The molecule has 3 heteroatoms. The fraction of sp³-hybridized carbons (Fsp3) is 0.333. The molecule has 0 unspecified atom stereocenters. The quantitative estimate of drug-likeness (QED) is 0.831. The third kappa shape index (κ3) is 2.13. The maximum atomic E-state index is 5.69. The first kappa shape index (κ1) is 10.1. The van der Waals surface area contributed by atoms with E-state index in [0.29, 0.717) is 0 Å². The van der Waals surface area contributed by atoms with Crippen LogP contribution in [-0.4, -0.2) is 20.7 Å². The number of likely N-dealkylation sites (N-methyl/N-ethyl adjacent to an activating group) is 1. The predicted octanol–water partition coefficient (Wildman–Crippen LogP) is 2.20. The minimum Gasteiger partial charge on any atom is -0.497 e. The molecule has 2 aromatic rings. The minimum atomic E-state index is 0.831. The van der Waals surface area contributed by atoms with Crippen LogP contribution >= 0.6 is 0 Å². The molecule has 0 aliphatic carbocycles. The lowest BCUT2D eigenvalue weighted by Crippen LogP contribution is -2.09. The van der Waals surface area contributed by atoms with Crippen molar-refractivity contribution < 1.29 is 9.15 Å². The molecular formula is C12H15NO2. The van der Waals surface area contributed by atoms with E-state index < -0.39 is 0 Å². The highest BCUT2D eigenvalue weighted by Crippen LogP contribution is 2.24. The third-order valence-electron chi connectivity index (χ3n) is 2.40. The van der Waals surface area contributed by atoms with Gasteiger partial charge in [-0.3, -0.25) is 0 Å². The summed E-state index contributed by atoms with van der Waals surface area (Å²) in [6.07, 6.45) is 0.910. The molecule has 1 N–H and O–H groups in total. The Balaban J connectivity index is 2.29. The Morgan fingerprint density at radius 3 is 2.93 bits per heavy atom. The number of hydrogen-bond acceptors (Lipinski definition) is 3. The van der Waals surface area contributed by atoms with Crippen molar-refractivity contribution in [3.05, 3.63) is 30.0 Å². The van der Waals surface area contributed by atoms with Crippen LogP contribution in [0.5, 0.6) is 5.75 Å². The molecule has 0 saturated heterocycles. The largest absolute Gasteiger partial charge is 0.497 e. The summed E-state index contributed by atoms with van der Waals surface area (Å²) in [7, 11) is 3.59. The molecule has 0 saturated carbocycles. The Kier molecular flexibility index (Phi) is 2.92. The van der Waals surface area contributed by atoms with Crippen LogP contribution in [0.1, 0.15) is 5.76 Å². The molecule has 0 spiro atoms. The zero-order chi connectivity index (χ0) is 10.7. The van der Waals surface area contributed by atoms with Crippen LogP contribution in [0, 0.1) is 0 Å². The third-order valence-corrected chi connectivity index (χ3v) is 2.40. The van der Waals surface area contributed by atoms with E-state index in [0.717, 1.165) is 35.4 Å². The van der Waals surface area contributed by atoms with Crippen molar-refractivity contribution in [2.45, 2.75) is 6.42 Å². The summed E-state index contributed by atoms with van der Waals surface area (Å²) < 4.78 is 10.8. The maximum absolute atomic E-state index is 5.69. The Morgan fingerprint density at radius 1 is 1.33 bits per heavy atom. The summed E-state index contributed by atoms with van der Waals surface area (Å²) in [6.45, 7) is 0.928. The molecule has 15 heavy (non-hydrogen) atoms. The number of nitrogens with one attached hydrogen (secondary N) is 1. The normalized spacial score (nSPS) is 10.8. The number of rotatable bonds is 4. The highest BCUT2D eigenvalue weighted by molar-refractivity contribution is 5.79. The van der Waals surface area contributed by atoms with Gasteiger partial charge in [-0.25, -0.2) is 0 Å². The van der Waals surface area contributed by atoms with Crippen LogP contribution in [0.2, 0.25) is 0 Å². The van der Waals surface area contributed by atoms with E-state index in [1.54, 1.807) is 7.11 Å². The second-order valence-corrected chi connectivity index (χ2v) is 3.47. The van der Waals surface area contributed by atoms with E-state index >= 15 is 0 Å². The van der Waals surface area contributed by atoms with Gasteiger partial charge in [0.1, 0.15) is 17.1 Å². The van der Waals surface area contributed by atoms with Crippen molar-refractivity contribution in [1.29, 1.82) is 0 Å². The highest BCUT2D eigenvalue weighted by Gasteiger charge is 2.04. The summed E-state index contributed by atoms with van der Waals surface area (Å²) in [5, 5.41) is 4.23. The topological polar surface area (TPSA) is 34.4 Å². The van der Waals surface area contributed by atoms with Crippen LogP contribution in [0.3, 0.4) is 0 Å². The standard InChI is InChI=1S/C12H15NO2/c1-13-6-5-11-7-9-3-4-10(14-2)8-12(9)15-11/h3-4,7-8,13H,5-6H2,1-2H3. The molecule has 0 fully saturated rings. The Labute approximate surface area is 89.0 Å². The van der Waals surface area contributed by atoms with Gasteiger partial charge in [0.25, 0.3) is 0 Å². The van der Waals surface area contributed by atoms with Gasteiger partial charge in [-0.2, -0.15) is 0 Å². The number of hydrogen-bond donors (Lipinski definition) is 1. The first-order valence-corrected chi connectivity index (χ1v) is 5.04. The number of benzene rings is 1. The van der Waals surface area contributed by atoms with Gasteiger partial charge in [0.2, 0.25) is 0 Å². The first-order valence-electron chi connectivity index (χ1n) is 5.04. The zero-order valence-corrected chi connectivity index (χ0v) is 9.04. The van der Waals surface area contributed by atoms with Gasteiger partial charge < -0.3 is 14.5 Å². The van der Waals surface area contributed by atoms with E-state index in [9.17, 15) is 0 Å². The number of fused-ring (bicyclic) bond motifs is 1. The van der Waals surface area contributed by atoms with Crippen LogP contribution in [0.4, 0.5) is 0 Å². The van der Waals surface area contributed by atoms with E-state index in [-0.39, 0.29) is 0 Å². The summed E-state index contributed by atoms with van der Waals surface area (Å²) in [6, 6.07) is 7.95. The molecule has 0 aliphatic rings. The second-order valence-electron chi connectivity index (χ2n) is 3.47. The Bertz CT molecular complexity index is 448. The summed E-state index contributed by atoms with van der Waals surface area (Å²) in [5.41, 5.74) is 0.889. The van der Waals surface area contributed by atoms with Gasteiger partial charge in [-0.1, -0.05) is 0 Å². The van der Waals surface area contributed by atoms with Gasteiger partial charge in [0.05, 0.1) is 7.11 Å². The van der Waals surface area contributed by atoms with Crippen LogP contribution < -0.4 is 10.1 Å². The Morgan fingerprint density at radius 2 is 2.20 bits per heavy atom. The summed E-state index contributed by atoms with van der Waals surface area (Å²) in [5.74, 6) is 1.84. The molecule has 1 aromatic carbocycles. The van der Waals surface area contributed by atoms with Crippen LogP contribution in [-0.2, 0) is 6.42 Å². The smallest absolute Gasteiger partial charge is 0.137 e. The van der Waals surface area contributed by atoms with E-state index in [2.05, 4.69) is 11.4 Å². The van der Waals surface area contributed by atoms with Gasteiger partial charge in [-0.05, 0) is 25.2 Å². The van der Waals surface area contributed by atoms with Gasteiger partial charge in [0.15, 0.2) is 0 Å². The lowest BCUT2D eigenvalue weighted by Gasteiger charge is -1.97. The van der Waals surface area contributed by atoms with Gasteiger partial charge in [-0.15, -0.1) is 0 Å². The van der Waals surface area contributed by atoms with Crippen molar-refractivity contribution in [3.8, 4) is 5.75 Å². The van der Waals surface area contributed by atoms with Crippen LogP contribution in [0.25, 0.3) is 11.0 Å². The molecule has 0 bridgehead atoms. The molecule has 0 aliphatic heterocycles. The molecule has 80 valence electrons. The summed E-state index contributed by atoms with van der Waals surface area (Å²) in [4.78, 5) is 0. The SMILES string of the molecule is CNCCc1cc2ccc(OC)cc2o1. The lowest BCUT2D eigenvalue weighted by molar-refractivity contribution is 0.414. The second kappa shape index (κ2) is 4.36. The first-order chi connectivity index (χ1) is 7.33. The van der Waals surface area contributed by atoms with Crippen molar-refractivity contribution in [2.75, 3.05) is 20.7 Å². The summed E-state index contributed by atoms with van der Waals surface area (Å²) >= 11 is 0. The lowest BCUT2D eigenvalue weighted by atomic mass is 10.2. The van der Waals surface area contributed by atoms with E-state index in [4.69, 9.17) is 9.15 Å². The van der Waals surface area contributed by atoms with Gasteiger partial charge >= 0.3 is 0 Å². The fourth-order valence-electron chi connectivity index (χ4n) is 1.56. The molecule has 1 aromatic heterocycles. The maximum Gasteiger partial charge on any atom is 0.137 e. The van der Waals surface area contributed by atoms with Crippen molar-refractivity contribution in [1.82, 2.24) is 5.32 Å². The molecule has 0 radical (unpaired) electrons. The van der Waals surface area contributed by atoms with Crippen LogP contribution in [0.15, 0.2) is 28.7 Å². The average Bonchev–Trinajstić information content (AvgIpc) is 2.67. The molecule has 0 amide bonds. The molecule has 0 atom stereocenters. The molecule has 2 rings (SSSR count). The minimum absolute atomic E-state index is 0.831. The molecular weight excluding hydrogens is 190 g/mol. The highest BCUT2D eigenvalue weighted by atomic mass is 16.5. The molecule has 1 heterocycles. The fourth-order valence-corrected chi connectivity index (χ4v) is 1.56. The predicted molar refractivity (Wildman–Crippen MR) is 60.4 cm³/mol. The number of furan rings is 1. The van der Waals surface area contributed by atoms with E-state index in [1.165, 1.54) is 0 Å². The number of ether oxygens (including phenoxy) is 1. The van der Waals surface area contributed by atoms with E-state index in [1.807, 2.05) is 25.2 Å². The van der Waals surface area contributed by atoms with Crippen molar-refractivity contribution in [3.63, 3.8) is 0 Å². The number of methoxy groups -OCH3 is 1. The molecule has 3 nitrogen and oxygen atoms in total. The van der Waals surface area contributed by atoms with Crippen molar-refractivity contribution in [2.24, 2.45) is 0 Å². The van der Waals surface area contributed by atoms with Gasteiger partial charge in [0, 0.05) is 24.4 Å². The van der Waals surface area contributed by atoms with Crippen molar-refractivity contribution >= 4 is 11.0 Å². The average molecular weight is 205 g/mol. The monoisotopic (exact) mass is 205 g/mol.